The molecule has 7 nitrogen and oxygen atoms in total. The van der Waals surface area contributed by atoms with Crippen molar-refractivity contribution in [2.45, 2.75) is 25.4 Å². The molecule has 3 rings (SSSR count). The molecule has 0 radical (unpaired) electrons. The number of aromatic hydroxyl groups is 1. The number of carbonyl (C=O) groups is 3. The first-order valence-electron chi connectivity index (χ1n) is 10.1. The van der Waals surface area contributed by atoms with Crippen molar-refractivity contribution in [1.82, 2.24) is 5.32 Å². The lowest BCUT2D eigenvalue weighted by Gasteiger charge is -2.29. The molecular formula is C25H24N2O5. The highest BCUT2D eigenvalue weighted by Crippen LogP contribution is 2.20. The number of phenolic OH excluding ortho intramolecular Hbond substituents is 1. The molecule has 0 aliphatic heterocycles. The van der Waals surface area contributed by atoms with Crippen LogP contribution in [0.5, 0.6) is 5.75 Å². The van der Waals surface area contributed by atoms with E-state index < -0.39 is 24.0 Å². The average molecular weight is 432 g/mol. The number of phenols is 1. The van der Waals surface area contributed by atoms with Gasteiger partial charge >= 0.3 is 5.97 Å². The molecule has 2 amide bonds. The number of hydrogen-bond donors (Lipinski definition) is 3. The molecule has 0 aliphatic rings. The number of para-hydroxylation sites is 1. The van der Waals surface area contributed by atoms with E-state index in [0.29, 0.717) is 16.8 Å². The summed E-state index contributed by atoms with van der Waals surface area (Å²) in [4.78, 5) is 39.4. The second kappa shape index (κ2) is 10.3. The number of rotatable bonds is 8. The molecule has 164 valence electrons. The normalized spacial score (nSPS) is 12.4. The Morgan fingerprint density at radius 1 is 0.875 bits per heavy atom. The van der Waals surface area contributed by atoms with Crippen molar-refractivity contribution in [3.05, 3.63) is 96.1 Å². The van der Waals surface area contributed by atoms with Crippen molar-refractivity contribution in [3.8, 4) is 5.75 Å². The zero-order chi connectivity index (χ0) is 23.1. The highest BCUT2D eigenvalue weighted by Gasteiger charge is 2.31. The van der Waals surface area contributed by atoms with Gasteiger partial charge in [-0.05, 0) is 48.9 Å². The molecule has 0 saturated carbocycles. The zero-order valence-corrected chi connectivity index (χ0v) is 17.5. The number of carboxylic acid groups (broad SMARTS) is 1. The van der Waals surface area contributed by atoms with Crippen molar-refractivity contribution >= 4 is 23.5 Å². The van der Waals surface area contributed by atoms with E-state index in [-0.39, 0.29) is 18.1 Å². The van der Waals surface area contributed by atoms with Gasteiger partial charge in [0.25, 0.3) is 5.91 Å². The Bertz CT molecular complexity index is 1070. The Labute approximate surface area is 185 Å². The molecule has 0 spiro atoms. The van der Waals surface area contributed by atoms with Crippen LogP contribution < -0.4 is 10.2 Å². The number of anilines is 1. The largest absolute Gasteiger partial charge is 0.508 e. The smallest absolute Gasteiger partial charge is 0.326 e. The summed E-state index contributed by atoms with van der Waals surface area (Å²) in [6.45, 7) is 1.56. The summed E-state index contributed by atoms with van der Waals surface area (Å²) in [5.74, 6) is -2.09. The van der Waals surface area contributed by atoms with Gasteiger partial charge in [0, 0.05) is 17.7 Å². The molecule has 0 aliphatic carbocycles. The van der Waals surface area contributed by atoms with Crippen LogP contribution in [0.15, 0.2) is 84.9 Å². The minimum atomic E-state index is -1.20. The van der Waals surface area contributed by atoms with Gasteiger partial charge in [0.15, 0.2) is 0 Å². The van der Waals surface area contributed by atoms with Gasteiger partial charge in [-0.15, -0.1) is 0 Å². The molecule has 32 heavy (non-hydrogen) atoms. The van der Waals surface area contributed by atoms with E-state index in [2.05, 4.69) is 5.32 Å². The van der Waals surface area contributed by atoms with Crippen LogP contribution in [0, 0.1) is 0 Å². The lowest BCUT2D eigenvalue weighted by atomic mass is 10.0. The second-order valence-electron chi connectivity index (χ2n) is 7.32. The molecule has 3 aromatic carbocycles. The van der Waals surface area contributed by atoms with Gasteiger partial charge in [-0.3, -0.25) is 14.5 Å². The molecule has 0 fully saturated rings. The van der Waals surface area contributed by atoms with Gasteiger partial charge < -0.3 is 15.5 Å². The number of nitrogens with zero attached hydrogens (tertiary/aromatic N) is 1. The van der Waals surface area contributed by atoms with Gasteiger partial charge in [-0.25, -0.2) is 4.79 Å². The van der Waals surface area contributed by atoms with Crippen LogP contribution in [-0.2, 0) is 16.0 Å². The maximum absolute atomic E-state index is 13.2. The number of aliphatic carboxylic acids is 1. The highest BCUT2D eigenvalue weighted by atomic mass is 16.4. The summed E-state index contributed by atoms with van der Waals surface area (Å²) < 4.78 is 0. The van der Waals surface area contributed by atoms with Crippen LogP contribution in [-0.4, -0.2) is 40.1 Å². The van der Waals surface area contributed by atoms with Crippen LogP contribution in [0.4, 0.5) is 5.69 Å². The number of hydrogen-bond acceptors (Lipinski definition) is 4. The average Bonchev–Trinajstić information content (AvgIpc) is 2.81. The quantitative estimate of drug-likeness (QED) is 0.507. The van der Waals surface area contributed by atoms with Crippen molar-refractivity contribution in [2.75, 3.05) is 4.90 Å². The minimum absolute atomic E-state index is 0.0338. The zero-order valence-electron chi connectivity index (χ0n) is 17.5. The van der Waals surface area contributed by atoms with E-state index in [4.69, 9.17) is 0 Å². The topological polar surface area (TPSA) is 107 Å². The number of carboxylic acids is 1. The predicted octanol–water partition coefficient (Wildman–Crippen LogP) is 3.24. The number of nitrogens with one attached hydrogen (secondary N) is 1. The Kier molecular flexibility index (Phi) is 7.23. The molecule has 0 bridgehead atoms. The summed E-state index contributed by atoms with van der Waals surface area (Å²) >= 11 is 0. The van der Waals surface area contributed by atoms with E-state index in [1.54, 1.807) is 79.7 Å². The molecule has 0 aromatic heterocycles. The van der Waals surface area contributed by atoms with E-state index in [9.17, 15) is 24.6 Å². The van der Waals surface area contributed by atoms with Crippen LogP contribution in [0.1, 0.15) is 22.8 Å². The van der Waals surface area contributed by atoms with Gasteiger partial charge in [-0.1, -0.05) is 48.5 Å². The standard InChI is InChI=1S/C25H24N2O5/c1-17(23(29)26-22(25(31)32)16-18-12-14-21(28)15-13-18)27(20-10-6-3-7-11-20)24(30)19-8-4-2-5-9-19/h2-15,17,22,28H,16H2,1H3,(H,26,29)(H,31,32)/t17-,22-/m0/s1. The van der Waals surface area contributed by atoms with Gasteiger partial charge in [-0.2, -0.15) is 0 Å². The third-order valence-electron chi connectivity index (χ3n) is 5.03. The lowest BCUT2D eigenvalue weighted by molar-refractivity contribution is -0.141. The van der Waals surface area contributed by atoms with Crippen LogP contribution in [0.2, 0.25) is 0 Å². The van der Waals surface area contributed by atoms with Crippen molar-refractivity contribution in [3.63, 3.8) is 0 Å². The number of carbonyl (C=O) groups excluding carboxylic acids is 2. The monoisotopic (exact) mass is 432 g/mol. The third kappa shape index (κ3) is 5.51. The summed E-state index contributed by atoms with van der Waals surface area (Å²) in [5, 5.41) is 21.6. The Morgan fingerprint density at radius 3 is 2.00 bits per heavy atom. The lowest BCUT2D eigenvalue weighted by Crippen LogP contribution is -2.53. The first-order valence-corrected chi connectivity index (χ1v) is 10.1. The van der Waals surface area contributed by atoms with Gasteiger partial charge in [0.1, 0.15) is 17.8 Å². The van der Waals surface area contributed by atoms with Crippen LogP contribution in [0.3, 0.4) is 0 Å². The molecule has 3 aromatic rings. The Hall–Kier alpha value is -4.13. The first kappa shape index (κ1) is 22.6. The van der Waals surface area contributed by atoms with Gasteiger partial charge in [0.05, 0.1) is 0 Å². The fourth-order valence-electron chi connectivity index (χ4n) is 3.30. The highest BCUT2D eigenvalue weighted by molar-refractivity contribution is 6.10. The van der Waals surface area contributed by atoms with Crippen molar-refractivity contribution in [2.24, 2.45) is 0 Å². The summed E-state index contributed by atoms with van der Waals surface area (Å²) in [5.41, 5.74) is 1.58. The fourth-order valence-corrected chi connectivity index (χ4v) is 3.30. The van der Waals surface area contributed by atoms with Crippen molar-refractivity contribution < 1.29 is 24.6 Å². The summed E-state index contributed by atoms with van der Waals surface area (Å²) in [6.07, 6.45) is 0.0338. The minimum Gasteiger partial charge on any atom is -0.508 e. The molecule has 0 heterocycles. The van der Waals surface area contributed by atoms with Crippen LogP contribution >= 0.6 is 0 Å². The maximum atomic E-state index is 13.2. The van der Waals surface area contributed by atoms with E-state index in [1.165, 1.54) is 17.0 Å². The maximum Gasteiger partial charge on any atom is 0.326 e. The first-order chi connectivity index (χ1) is 15.4. The predicted molar refractivity (Wildman–Crippen MR) is 121 cm³/mol. The molecular weight excluding hydrogens is 408 g/mol. The second-order valence-corrected chi connectivity index (χ2v) is 7.32. The molecule has 0 saturated heterocycles. The van der Waals surface area contributed by atoms with Crippen LogP contribution in [0.25, 0.3) is 0 Å². The Balaban J connectivity index is 1.83. The summed E-state index contributed by atoms with van der Waals surface area (Å²) in [7, 11) is 0. The Morgan fingerprint density at radius 2 is 1.44 bits per heavy atom. The van der Waals surface area contributed by atoms with E-state index in [1.807, 2.05) is 0 Å². The molecule has 2 atom stereocenters. The van der Waals surface area contributed by atoms with E-state index >= 15 is 0 Å². The van der Waals surface area contributed by atoms with E-state index in [0.717, 1.165) is 0 Å². The molecule has 3 N–H and O–H groups in total. The fraction of sp³-hybridized carbons (Fsp3) is 0.160. The molecule has 0 unspecified atom stereocenters. The van der Waals surface area contributed by atoms with Crippen molar-refractivity contribution in [1.29, 1.82) is 0 Å². The third-order valence-corrected chi connectivity index (χ3v) is 5.03. The SMILES string of the molecule is C[C@@H](C(=O)N[C@@H](Cc1ccc(O)cc1)C(=O)O)N(C(=O)c1ccccc1)c1ccccc1. The van der Waals surface area contributed by atoms with Gasteiger partial charge in [0.2, 0.25) is 5.91 Å². The number of amides is 2. The molecule has 7 heteroatoms. The number of benzene rings is 3. The summed E-state index contributed by atoms with van der Waals surface area (Å²) in [6, 6.07) is 21.3.